The number of nitrogens with two attached hydrogens (primary N) is 1. The fourth-order valence-electron chi connectivity index (χ4n) is 2.62. The van der Waals surface area contributed by atoms with E-state index in [0.29, 0.717) is 6.04 Å². The molecule has 4 heteroatoms. The van der Waals surface area contributed by atoms with Crippen molar-refractivity contribution < 1.29 is 0 Å². The van der Waals surface area contributed by atoms with Crippen molar-refractivity contribution in [3.63, 3.8) is 0 Å². The molecule has 0 saturated carbocycles. The zero-order valence-corrected chi connectivity index (χ0v) is 12.1. The van der Waals surface area contributed by atoms with Gasteiger partial charge in [-0.15, -0.1) is 11.3 Å². The van der Waals surface area contributed by atoms with Crippen LogP contribution in [0.25, 0.3) is 0 Å². The van der Waals surface area contributed by atoms with Gasteiger partial charge in [0.1, 0.15) is 0 Å². The van der Waals surface area contributed by atoms with Crippen molar-refractivity contribution in [2.45, 2.75) is 38.3 Å². The van der Waals surface area contributed by atoms with E-state index in [0.717, 1.165) is 12.6 Å². The third-order valence-corrected chi connectivity index (χ3v) is 5.23. The molecule has 2 heterocycles. The molecule has 2 rings (SSSR count). The van der Waals surface area contributed by atoms with Gasteiger partial charge in [-0.25, -0.2) is 0 Å². The summed E-state index contributed by atoms with van der Waals surface area (Å²) in [5, 5.41) is 2.15. The summed E-state index contributed by atoms with van der Waals surface area (Å²) in [7, 11) is 0. The van der Waals surface area contributed by atoms with E-state index in [1.54, 1.807) is 0 Å². The Hall–Kier alpha value is 0.1000. The molecular formula is C12H19BrN2S. The van der Waals surface area contributed by atoms with E-state index < -0.39 is 0 Å². The number of thiophene rings is 1. The van der Waals surface area contributed by atoms with E-state index in [9.17, 15) is 0 Å². The predicted octanol–water partition coefficient (Wildman–Crippen LogP) is 3.38. The standard InChI is InChI=1S/C12H19BrN2S/c1-2-10-4-3-5-15(10)11(7-14)12-6-9(13)8-16-12/h6,8,10-11H,2-5,7,14H2,1H3. The van der Waals surface area contributed by atoms with Crippen LogP contribution in [-0.4, -0.2) is 24.0 Å². The second kappa shape index (κ2) is 5.63. The molecule has 0 bridgehead atoms. The van der Waals surface area contributed by atoms with E-state index in [4.69, 9.17) is 5.73 Å². The summed E-state index contributed by atoms with van der Waals surface area (Å²) in [6.07, 6.45) is 3.89. The molecule has 0 aliphatic carbocycles. The van der Waals surface area contributed by atoms with Gasteiger partial charge in [-0.05, 0) is 47.8 Å². The molecule has 1 aliphatic rings. The van der Waals surface area contributed by atoms with Crippen molar-refractivity contribution in [2.24, 2.45) is 5.73 Å². The first-order valence-corrected chi connectivity index (χ1v) is 7.63. The van der Waals surface area contributed by atoms with Gasteiger partial charge in [0.25, 0.3) is 0 Å². The fourth-order valence-corrected chi connectivity index (χ4v) is 4.20. The first kappa shape index (κ1) is 12.6. The molecule has 1 aromatic heterocycles. The summed E-state index contributed by atoms with van der Waals surface area (Å²) < 4.78 is 1.18. The summed E-state index contributed by atoms with van der Waals surface area (Å²) in [5.41, 5.74) is 5.96. The number of hydrogen-bond acceptors (Lipinski definition) is 3. The Bertz CT molecular complexity index is 340. The lowest BCUT2D eigenvalue weighted by atomic mass is 10.1. The van der Waals surface area contributed by atoms with Crippen molar-refractivity contribution >= 4 is 27.3 Å². The lowest BCUT2D eigenvalue weighted by Gasteiger charge is -2.31. The highest BCUT2D eigenvalue weighted by Crippen LogP contribution is 2.34. The van der Waals surface area contributed by atoms with Crippen LogP contribution in [0.1, 0.15) is 37.1 Å². The summed E-state index contributed by atoms with van der Waals surface area (Å²) >= 11 is 5.33. The third kappa shape index (κ3) is 2.50. The number of likely N-dealkylation sites (tertiary alicyclic amines) is 1. The lowest BCUT2D eigenvalue weighted by Crippen LogP contribution is -2.36. The highest BCUT2D eigenvalue weighted by Gasteiger charge is 2.30. The van der Waals surface area contributed by atoms with Crippen molar-refractivity contribution in [3.8, 4) is 0 Å². The van der Waals surface area contributed by atoms with Crippen molar-refractivity contribution in [2.75, 3.05) is 13.1 Å². The minimum Gasteiger partial charge on any atom is -0.329 e. The number of rotatable bonds is 4. The molecule has 2 unspecified atom stereocenters. The first-order valence-electron chi connectivity index (χ1n) is 5.96. The van der Waals surface area contributed by atoms with Gasteiger partial charge in [-0.3, -0.25) is 4.90 Å². The van der Waals surface area contributed by atoms with Crippen LogP contribution in [-0.2, 0) is 0 Å². The number of nitrogens with zero attached hydrogens (tertiary/aromatic N) is 1. The van der Waals surface area contributed by atoms with Crippen LogP contribution in [0.15, 0.2) is 15.9 Å². The number of hydrogen-bond donors (Lipinski definition) is 1. The topological polar surface area (TPSA) is 29.3 Å². The highest BCUT2D eigenvalue weighted by molar-refractivity contribution is 9.10. The van der Waals surface area contributed by atoms with Crippen LogP contribution in [0.3, 0.4) is 0 Å². The maximum atomic E-state index is 5.96. The van der Waals surface area contributed by atoms with Crippen LogP contribution in [0.2, 0.25) is 0 Å². The molecule has 0 radical (unpaired) electrons. The minimum absolute atomic E-state index is 0.420. The average molecular weight is 303 g/mol. The molecule has 2 nitrogen and oxygen atoms in total. The predicted molar refractivity (Wildman–Crippen MR) is 73.8 cm³/mol. The first-order chi connectivity index (χ1) is 7.76. The zero-order chi connectivity index (χ0) is 11.5. The fraction of sp³-hybridized carbons (Fsp3) is 0.667. The Morgan fingerprint density at radius 2 is 2.50 bits per heavy atom. The van der Waals surface area contributed by atoms with Gasteiger partial charge in [0, 0.05) is 27.3 Å². The van der Waals surface area contributed by atoms with Crippen molar-refractivity contribution in [1.82, 2.24) is 4.90 Å². The maximum absolute atomic E-state index is 5.96. The van der Waals surface area contributed by atoms with Crippen LogP contribution in [0.5, 0.6) is 0 Å². The zero-order valence-electron chi connectivity index (χ0n) is 9.66. The quantitative estimate of drug-likeness (QED) is 0.924. The summed E-state index contributed by atoms with van der Waals surface area (Å²) in [6.45, 7) is 4.21. The van der Waals surface area contributed by atoms with Crippen molar-refractivity contribution in [3.05, 3.63) is 20.8 Å². The van der Waals surface area contributed by atoms with Crippen LogP contribution in [0, 0.1) is 0 Å². The molecule has 1 fully saturated rings. The van der Waals surface area contributed by atoms with Crippen LogP contribution in [0.4, 0.5) is 0 Å². The molecule has 2 N–H and O–H groups in total. The van der Waals surface area contributed by atoms with E-state index in [2.05, 4.69) is 39.2 Å². The van der Waals surface area contributed by atoms with E-state index in [-0.39, 0.29) is 0 Å². The van der Waals surface area contributed by atoms with Gasteiger partial charge in [0.15, 0.2) is 0 Å². The molecule has 0 spiro atoms. The number of halogens is 1. The highest BCUT2D eigenvalue weighted by atomic mass is 79.9. The maximum Gasteiger partial charge on any atom is 0.0567 e. The average Bonchev–Trinajstić information content (AvgIpc) is 2.89. The molecule has 0 aromatic carbocycles. The van der Waals surface area contributed by atoms with Crippen LogP contribution >= 0.6 is 27.3 Å². The van der Waals surface area contributed by atoms with E-state index in [1.807, 2.05) is 11.3 Å². The molecule has 1 aliphatic heterocycles. The Morgan fingerprint density at radius 1 is 1.69 bits per heavy atom. The van der Waals surface area contributed by atoms with Gasteiger partial charge in [-0.1, -0.05) is 6.92 Å². The van der Waals surface area contributed by atoms with Gasteiger partial charge in [0.05, 0.1) is 6.04 Å². The second-order valence-corrected chi connectivity index (χ2v) is 6.22. The largest absolute Gasteiger partial charge is 0.329 e. The second-order valence-electron chi connectivity index (χ2n) is 4.36. The van der Waals surface area contributed by atoms with Gasteiger partial charge in [-0.2, -0.15) is 0 Å². The Morgan fingerprint density at radius 3 is 3.06 bits per heavy atom. The van der Waals surface area contributed by atoms with Crippen LogP contribution < -0.4 is 5.73 Å². The lowest BCUT2D eigenvalue weighted by molar-refractivity contribution is 0.183. The van der Waals surface area contributed by atoms with Gasteiger partial charge >= 0.3 is 0 Å². The summed E-state index contributed by atoms with van der Waals surface area (Å²) in [5.74, 6) is 0. The SMILES string of the molecule is CCC1CCCN1C(CN)c1cc(Br)cs1. The third-order valence-electron chi connectivity index (χ3n) is 3.43. The Labute approximate surface area is 110 Å². The molecule has 2 atom stereocenters. The molecule has 0 amide bonds. The molecule has 16 heavy (non-hydrogen) atoms. The normalized spacial score (nSPS) is 23.8. The molecule has 1 saturated heterocycles. The minimum atomic E-state index is 0.420. The summed E-state index contributed by atoms with van der Waals surface area (Å²) in [4.78, 5) is 3.99. The molecule has 1 aromatic rings. The van der Waals surface area contributed by atoms with Gasteiger partial charge in [0.2, 0.25) is 0 Å². The molecular weight excluding hydrogens is 284 g/mol. The van der Waals surface area contributed by atoms with Gasteiger partial charge < -0.3 is 5.73 Å². The smallest absolute Gasteiger partial charge is 0.0567 e. The Balaban J connectivity index is 2.15. The van der Waals surface area contributed by atoms with E-state index >= 15 is 0 Å². The Kier molecular flexibility index (Phi) is 4.41. The monoisotopic (exact) mass is 302 g/mol. The van der Waals surface area contributed by atoms with E-state index in [1.165, 1.54) is 35.2 Å². The summed E-state index contributed by atoms with van der Waals surface area (Å²) in [6, 6.07) is 3.37. The molecule has 90 valence electrons. The van der Waals surface area contributed by atoms with Crippen molar-refractivity contribution in [1.29, 1.82) is 0 Å².